The summed E-state index contributed by atoms with van der Waals surface area (Å²) in [5.41, 5.74) is 2.53. The Bertz CT molecular complexity index is 499. The second kappa shape index (κ2) is 6.12. The molecule has 1 N–H and O–H groups in total. The predicted molar refractivity (Wildman–Crippen MR) is 78.3 cm³/mol. The van der Waals surface area contributed by atoms with Crippen LogP contribution in [0.3, 0.4) is 0 Å². The van der Waals surface area contributed by atoms with E-state index in [0.717, 1.165) is 4.47 Å². The summed E-state index contributed by atoms with van der Waals surface area (Å²) >= 11 is 3.59. The van der Waals surface area contributed by atoms with E-state index in [1.54, 1.807) is 0 Å². The Kier molecular flexibility index (Phi) is 4.50. The molecule has 18 heavy (non-hydrogen) atoms. The number of hydrogen-bond donors (Lipinski definition) is 1. The van der Waals surface area contributed by atoms with Crippen molar-refractivity contribution >= 4 is 15.9 Å². The molecule has 0 bridgehead atoms. The Morgan fingerprint density at radius 1 is 1.00 bits per heavy atom. The number of rotatable bonds is 4. The maximum atomic E-state index is 4.04. The second-order valence-electron chi connectivity index (χ2n) is 4.41. The van der Waals surface area contributed by atoms with Crippen molar-refractivity contribution in [3.63, 3.8) is 0 Å². The van der Waals surface area contributed by atoms with Crippen LogP contribution in [-0.2, 0) is 0 Å². The highest BCUT2D eigenvalue weighted by molar-refractivity contribution is 9.10. The number of aromatic nitrogens is 1. The lowest BCUT2D eigenvalue weighted by Gasteiger charge is -2.21. The summed E-state index contributed by atoms with van der Waals surface area (Å²) in [4.78, 5) is 4.04. The van der Waals surface area contributed by atoms with Gasteiger partial charge in [-0.3, -0.25) is 4.98 Å². The van der Waals surface area contributed by atoms with Gasteiger partial charge in [0.1, 0.15) is 0 Å². The summed E-state index contributed by atoms with van der Waals surface area (Å²) < 4.78 is 1.15. The molecule has 2 rings (SSSR count). The molecule has 1 unspecified atom stereocenters. The molecular formula is C15H17BrN2. The minimum absolute atomic E-state index is 0.295. The van der Waals surface area contributed by atoms with E-state index in [4.69, 9.17) is 0 Å². The summed E-state index contributed by atoms with van der Waals surface area (Å²) in [5.74, 6) is 0. The van der Waals surface area contributed by atoms with Crippen LogP contribution in [0.2, 0.25) is 0 Å². The molecule has 0 aliphatic heterocycles. The maximum Gasteiger partial charge on any atom is 0.0308 e. The first-order valence-corrected chi connectivity index (χ1v) is 6.88. The molecule has 0 fully saturated rings. The van der Waals surface area contributed by atoms with Crippen LogP contribution in [0, 0.1) is 0 Å². The van der Waals surface area contributed by atoms with Gasteiger partial charge in [0.05, 0.1) is 0 Å². The van der Waals surface area contributed by atoms with E-state index in [1.165, 1.54) is 11.1 Å². The molecule has 0 aliphatic rings. The van der Waals surface area contributed by atoms with Crippen LogP contribution in [0.5, 0.6) is 0 Å². The first kappa shape index (κ1) is 13.2. The molecular weight excluding hydrogens is 288 g/mol. The Labute approximate surface area is 117 Å². The van der Waals surface area contributed by atoms with Crippen LogP contribution < -0.4 is 5.32 Å². The zero-order chi connectivity index (χ0) is 13.0. The average molecular weight is 305 g/mol. The molecule has 0 radical (unpaired) electrons. The molecule has 1 aromatic heterocycles. The van der Waals surface area contributed by atoms with E-state index in [0.29, 0.717) is 12.1 Å². The zero-order valence-corrected chi connectivity index (χ0v) is 12.2. The van der Waals surface area contributed by atoms with Crippen LogP contribution in [0.1, 0.15) is 37.1 Å². The zero-order valence-electron chi connectivity index (χ0n) is 10.6. The molecule has 3 heteroatoms. The SMILES string of the molecule is CC(N[C@@H](C)c1ccccc1Br)c1ccncc1. The number of halogens is 1. The monoisotopic (exact) mass is 304 g/mol. The van der Waals surface area contributed by atoms with Gasteiger partial charge >= 0.3 is 0 Å². The molecule has 1 aromatic carbocycles. The van der Waals surface area contributed by atoms with Crippen LogP contribution in [0.4, 0.5) is 0 Å². The van der Waals surface area contributed by atoms with Crippen molar-refractivity contribution < 1.29 is 0 Å². The first-order valence-electron chi connectivity index (χ1n) is 6.09. The number of hydrogen-bond acceptors (Lipinski definition) is 2. The van der Waals surface area contributed by atoms with Gasteiger partial charge in [-0.05, 0) is 43.2 Å². The van der Waals surface area contributed by atoms with Crippen LogP contribution in [-0.4, -0.2) is 4.98 Å². The van der Waals surface area contributed by atoms with Crippen molar-refractivity contribution in [2.24, 2.45) is 0 Å². The summed E-state index contributed by atoms with van der Waals surface area (Å²) in [7, 11) is 0. The van der Waals surface area contributed by atoms with Gasteiger partial charge in [0.2, 0.25) is 0 Å². The molecule has 0 saturated carbocycles. The number of nitrogens with one attached hydrogen (secondary N) is 1. The highest BCUT2D eigenvalue weighted by Crippen LogP contribution is 2.25. The third-order valence-electron chi connectivity index (χ3n) is 3.08. The topological polar surface area (TPSA) is 24.9 Å². The smallest absolute Gasteiger partial charge is 0.0308 e. The molecule has 1 heterocycles. The van der Waals surface area contributed by atoms with Crippen molar-refractivity contribution in [1.82, 2.24) is 10.3 Å². The lowest BCUT2D eigenvalue weighted by Crippen LogP contribution is -2.22. The number of benzene rings is 1. The summed E-state index contributed by atoms with van der Waals surface area (Å²) in [6.07, 6.45) is 3.66. The van der Waals surface area contributed by atoms with Gasteiger partial charge in [-0.25, -0.2) is 0 Å². The van der Waals surface area contributed by atoms with Crippen molar-refractivity contribution in [3.05, 3.63) is 64.4 Å². The highest BCUT2D eigenvalue weighted by atomic mass is 79.9. The lowest BCUT2D eigenvalue weighted by atomic mass is 10.1. The lowest BCUT2D eigenvalue weighted by molar-refractivity contribution is 0.493. The third kappa shape index (κ3) is 3.18. The summed E-state index contributed by atoms with van der Waals surface area (Å²) in [6, 6.07) is 13.0. The Hall–Kier alpha value is -1.19. The molecule has 94 valence electrons. The first-order chi connectivity index (χ1) is 8.68. The fourth-order valence-electron chi connectivity index (χ4n) is 2.04. The number of pyridine rings is 1. The van der Waals surface area contributed by atoms with Crippen molar-refractivity contribution in [2.45, 2.75) is 25.9 Å². The molecule has 2 nitrogen and oxygen atoms in total. The molecule has 2 aromatic rings. The highest BCUT2D eigenvalue weighted by Gasteiger charge is 2.12. The Morgan fingerprint density at radius 2 is 1.67 bits per heavy atom. The molecule has 0 aliphatic carbocycles. The van der Waals surface area contributed by atoms with Gasteiger partial charge < -0.3 is 5.32 Å². The predicted octanol–water partition coefficient (Wildman–Crippen LogP) is 4.26. The van der Waals surface area contributed by atoms with Gasteiger partial charge in [0, 0.05) is 29.0 Å². The van der Waals surface area contributed by atoms with E-state index < -0.39 is 0 Å². The van der Waals surface area contributed by atoms with Crippen LogP contribution >= 0.6 is 15.9 Å². The maximum absolute atomic E-state index is 4.04. The van der Waals surface area contributed by atoms with Crippen molar-refractivity contribution in [3.8, 4) is 0 Å². The van der Waals surface area contributed by atoms with Crippen molar-refractivity contribution in [2.75, 3.05) is 0 Å². The quantitative estimate of drug-likeness (QED) is 0.913. The summed E-state index contributed by atoms with van der Waals surface area (Å²) in [5, 5.41) is 3.60. The Morgan fingerprint density at radius 3 is 2.33 bits per heavy atom. The molecule has 2 atom stereocenters. The minimum Gasteiger partial charge on any atom is -0.304 e. The molecule has 0 amide bonds. The molecule has 0 saturated heterocycles. The summed E-state index contributed by atoms with van der Waals surface area (Å²) in [6.45, 7) is 4.35. The fourth-order valence-corrected chi connectivity index (χ4v) is 2.67. The third-order valence-corrected chi connectivity index (χ3v) is 3.80. The van der Waals surface area contributed by atoms with Gasteiger partial charge in [0.15, 0.2) is 0 Å². The second-order valence-corrected chi connectivity index (χ2v) is 5.27. The normalized spacial score (nSPS) is 14.2. The minimum atomic E-state index is 0.295. The number of nitrogens with zero attached hydrogens (tertiary/aromatic N) is 1. The van der Waals surface area contributed by atoms with E-state index >= 15 is 0 Å². The molecule has 0 spiro atoms. The standard InChI is InChI=1S/C15H17BrN2/c1-11(13-7-9-17-10-8-13)18-12(2)14-5-3-4-6-15(14)16/h3-12,18H,1-2H3/t11?,12-/m0/s1. The fraction of sp³-hybridized carbons (Fsp3) is 0.267. The van der Waals surface area contributed by atoms with Gasteiger partial charge in [-0.2, -0.15) is 0 Å². The largest absolute Gasteiger partial charge is 0.304 e. The van der Waals surface area contributed by atoms with Gasteiger partial charge in [-0.1, -0.05) is 34.1 Å². The van der Waals surface area contributed by atoms with Crippen LogP contribution in [0.15, 0.2) is 53.3 Å². The van der Waals surface area contributed by atoms with E-state index in [2.05, 4.69) is 58.3 Å². The average Bonchev–Trinajstić information content (AvgIpc) is 2.40. The van der Waals surface area contributed by atoms with E-state index in [9.17, 15) is 0 Å². The van der Waals surface area contributed by atoms with Crippen molar-refractivity contribution in [1.29, 1.82) is 0 Å². The Balaban J connectivity index is 2.08. The van der Waals surface area contributed by atoms with E-state index in [-0.39, 0.29) is 0 Å². The van der Waals surface area contributed by atoms with Gasteiger partial charge in [0.25, 0.3) is 0 Å². The van der Waals surface area contributed by atoms with E-state index in [1.807, 2.05) is 30.6 Å². The van der Waals surface area contributed by atoms with Gasteiger partial charge in [-0.15, -0.1) is 0 Å². The van der Waals surface area contributed by atoms with Crippen LogP contribution in [0.25, 0.3) is 0 Å².